The fourth-order valence-corrected chi connectivity index (χ4v) is 4.33. The van der Waals surface area contributed by atoms with Crippen LogP contribution in [0.3, 0.4) is 0 Å². The van der Waals surface area contributed by atoms with Crippen LogP contribution in [0.4, 0.5) is 4.39 Å². The Morgan fingerprint density at radius 3 is 2.42 bits per heavy atom. The monoisotopic (exact) mass is 449 g/mol. The van der Waals surface area contributed by atoms with E-state index in [0.29, 0.717) is 17.7 Å². The molecule has 1 saturated heterocycles. The van der Waals surface area contributed by atoms with Crippen LogP contribution in [-0.2, 0) is 13.0 Å². The number of aromatic amines is 1. The van der Waals surface area contributed by atoms with Gasteiger partial charge in [-0.1, -0.05) is 30.3 Å². The first-order valence-electron chi connectivity index (χ1n) is 11.1. The summed E-state index contributed by atoms with van der Waals surface area (Å²) in [4.78, 5) is 28.1. The molecule has 0 spiro atoms. The number of hydrogen-bond acceptors (Lipinski definition) is 4. The van der Waals surface area contributed by atoms with Gasteiger partial charge in [-0.25, -0.2) is 4.39 Å². The van der Waals surface area contributed by atoms with Crippen LogP contribution in [0.2, 0.25) is 0 Å². The lowest BCUT2D eigenvalue weighted by Gasteiger charge is -2.21. The van der Waals surface area contributed by atoms with Gasteiger partial charge in [-0.05, 0) is 60.2 Å². The number of hydrogen-bond donors (Lipinski definition) is 3. The first-order valence-corrected chi connectivity index (χ1v) is 11.1. The van der Waals surface area contributed by atoms with E-state index in [2.05, 4.69) is 10.3 Å². The molecular formula is C26H28FN3O3. The fraction of sp³-hybridized carbons (Fsp3) is 0.308. The standard InChI is InChI=1S/C26H28FN3O3/c1-30(16-18-4-13-24(31)28-15-18)26(33)20-5-2-17(3-6-20)14-22-11-12-23(29-22)25(32)19-7-9-21(27)10-8-19/h2-10,13,15,22-23,25,29,32H,11-12,14,16H2,1H3,(H,28,31)/t22-,23+,25+/m0/s1. The molecule has 0 unspecified atom stereocenters. The zero-order valence-electron chi connectivity index (χ0n) is 18.5. The number of pyridine rings is 1. The summed E-state index contributed by atoms with van der Waals surface area (Å²) in [6.45, 7) is 0.404. The number of halogens is 1. The van der Waals surface area contributed by atoms with Crippen molar-refractivity contribution >= 4 is 5.91 Å². The third-order valence-electron chi connectivity index (χ3n) is 6.17. The summed E-state index contributed by atoms with van der Waals surface area (Å²) in [5.41, 5.74) is 3.12. The minimum absolute atomic E-state index is 0.0668. The molecule has 3 N–H and O–H groups in total. The molecule has 4 rings (SSSR count). The number of aliphatic hydroxyl groups is 1. The highest BCUT2D eigenvalue weighted by Crippen LogP contribution is 2.27. The van der Waals surface area contributed by atoms with Gasteiger partial charge >= 0.3 is 0 Å². The third-order valence-corrected chi connectivity index (χ3v) is 6.17. The molecule has 3 aromatic rings. The Hall–Kier alpha value is -3.29. The molecule has 0 bridgehead atoms. The molecule has 1 fully saturated rings. The lowest BCUT2D eigenvalue weighted by atomic mass is 10.0. The molecule has 0 saturated carbocycles. The third kappa shape index (κ3) is 5.74. The van der Waals surface area contributed by atoms with Crippen LogP contribution in [0.15, 0.2) is 71.7 Å². The average Bonchev–Trinajstić information content (AvgIpc) is 3.29. The van der Waals surface area contributed by atoms with Crippen molar-refractivity contribution in [3.05, 3.63) is 105 Å². The smallest absolute Gasteiger partial charge is 0.253 e. The van der Waals surface area contributed by atoms with Crippen molar-refractivity contribution in [3.63, 3.8) is 0 Å². The molecule has 1 aromatic heterocycles. The van der Waals surface area contributed by atoms with Crippen LogP contribution < -0.4 is 10.9 Å². The van der Waals surface area contributed by atoms with E-state index in [1.165, 1.54) is 18.2 Å². The Balaban J connectivity index is 1.31. The Kier molecular flexibility index (Phi) is 7.01. The molecule has 2 heterocycles. The number of nitrogens with zero attached hydrogens (tertiary/aromatic N) is 1. The van der Waals surface area contributed by atoms with Crippen LogP contribution in [0.5, 0.6) is 0 Å². The summed E-state index contributed by atoms with van der Waals surface area (Å²) in [6.07, 6.45) is 3.52. The van der Waals surface area contributed by atoms with Crippen LogP contribution in [0.25, 0.3) is 0 Å². The van der Waals surface area contributed by atoms with Crippen LogP contribution in [-0.4, -0.2) is 40.0 Å². The summed E-state index contributed by atoms with van der Waals surface area (Å²) in [5.74, 6) is -0.401. The second kappa shape index (κ2) is 10.1. The topological polar surface area (TPSA) is 85.4 Å². The molecule has 33 heavy (non-hydrogen) atoms. The largest absolute Gasteiger partial charge is 0.387 e. The van der Waals surface area contributed by atoms with Gasteiger partial charge in [0.15, 0.2) is 0 Å². The molecule has 3 atom stereocenters. The summed E-state index contributed by atoms with van der Waals surface area (Å²) in [6, 6.07) is 16.9. The SMILES string of the molecule is CN(Cc1ccc(=O)[nH]c1)C(=O)c1ccc(C[C@@H]2CC[C@H]([C@H](O)c3ccc(F)cc3)N2)cc1. The molecule has 6 nitrogen and oxygen atoms in total. The lowest BCUT2D eigenvalue weighted by molar-refractivity contribution is 0.0785. The Labute approximate surface area is 192 Å². The maximum atomic E-state index is 13.1. The number of carbonyl (C=O) groups excluding carboxylic acids is 1. The predicted octanol–water partition coefficient (Wildman–Crippen LogP) is 3.18. The number of aromatic nitrogens is 1. The highest BCUT2D eigenvalue weighted by molar-refractivity contribution is 5.94. The summed E-state index contributed by atoms with van der Waals surface area (Å²) >= 11 is 0. The van der Waals surface area contributed by atoms with Crippen molar-refractivity contribution in [2.24, 2.45) is 0 Å². The van der Waals surface area contributed by atoms with E-state index in [9.17, 15) is 19.1 Å². The minimum Gasteiger partial charge on any atom is -0.387 e. The lowest BCUT2D eigenvalue weighted by Crippen LogP contribution is -2.35. The van der Waals surface area contributed by atoms with Gasteiger partial charge in [0.25, 0.3) is 5.91 Å². The number of aliphatic hydroxyl groups excluding tert-OH is 1. The van der Waals surface area contributed by atoms with E-state index in [1.54, 1.807) is 36.3 Å². The van der Waals surface area contributed by atoms with Crippen molar-refractivity contribution in [3.8, 4) is 0 Å². The van der Waals surface area contributed by atoms with E-state index in [0.717, 1.165) is 30.4 Å². The number of benzene rings is 2. The quantitative estimate of drug-likeness (QED) is 0.517. The number of carbonyl (C=O) groups is 1. The van der Waals surface area contributed by atoms with E-state index >= 15 is 0 Å². The highest BCUT2D eigenvalue weighted by Gasteiger charge is 2.30. The van der Waals surface area contributed by atoms with Crippen LogP contribution >= 0.6 is 0 Å². The first kappa shape index (κ1) is 22.9. The van der Waals surface area contributed by atoms with E-state index < -0.39 is 6.10 Å². The normalized spacial score (nSPS) is 18.8. The van der Waals surface area contributed by atoms with Gasteiger partial charge in [-0.15, -0.1) is 0 Å². The number of amides is 1. The van der Waals surface area contributed by atoms with Crippen molar-refractivity contribution in [2.45, 2.75) is 44.0 Å². The molecule has 1 aliphatic rings. The van der Waals surface area contributed by atoms with Gasteiger partial charge < -0.3 is 20.3 Å². The Morgan fingerprint density at radius 2 is 1.76 bits per heavy atom. The second-order valence-corrected chi connectivity index (χ2v) is 8.67. The maximum absolute atomic E-state index is 13.1. The number of H-pyrrole nitrogens is 1. The molecule has 1 amide bonds. The Bertz CT molecular complexity index is 1120. The average molecular weight is 450 g/mol. The molecule has 2 aromatic carbocycles. The zero-order chi connectivity index (χ0) is 23.4. The van der Waals surface area contributed by atoms with Crippen molar-refractivity contribution in [1.29, 1.82) is 0 Å². The molecule has 172 valence electrons. The van der Waals surface area contributed by atoms with Crippen molar-refractivity contribution < 1.29 is 14.3 Å². The van der Waals surface area contributed by atoms with Crippen molar-refractivity contribution in [2.75, 3.05) is 7.05 Å². The molecule has 7 heteroatoms. The van der Waals surface area contributed by atoms with E-state index in [1.807, 2.05) is 24.3 Å². The second-order valence-electron chi connectivity index (χ2n) is 8.67. The van der Waals surface area contributed by atoms with Gasteiger partial charge in [-0.3, -0.25) is 9.59 Å². The highest BCUT2D eigenvalue weighted by atomic mass is 19.1. The first-order chi connectivity index (χ1) is 15.9. The predicted molar refractivity (Wildman–Crippen MR) is 124 cm³/mol. The van der Waals surface area contributed by atoms with Crippen LogP contribution in [0, 0.1) is 5.82 Å². The number of rotatable bonds is 7. The summed E-state index contributed by atoms with van der Waals surface area (Å²) < 4.78 is 13.1. The summed E-state index contributed by atoms with van der Waals surface area (Å²) in [5, 5.41) is 14.1. The van der Waals surface area contributed by atoms with Gasteiger partial charge in [-0.2, -0.15) is 0 Å². The zero-order valence-corrected chi connectivity index (χ0v) is 18.5. The fourth-order valence-electron chi connectivity index (χ4n) is 4.33. The maximum Gasteiger partial charge on any atom is 0.253 e. The summed E-state index contributed by atoms with van der Waals surface area (Å²) in [7, 11) is 1.73. The van der Waals surface area contributed by atoms with Crippen molar-refractivity contribution in [1.82, 2.24) is 15.2 Å². The van der Waals surface area contributed by atoms with E-state index in [4.69, 9.17) is 0 Å². The number of nitrogens with one attached hydrogen (secondary N) is 2. The van der Waals surface area contributed by atoms with Crippen LogP contribution in [0.1, 0.15) is 46.0 Å². The van der Waals surface area contributed by atoms with E-state index in [-0.39, 0.29) is 29.4 Å². The van der Waals surface area contributed by atoms with Gasteiger partial charge in [0.05, 0.1) is 6.10 Å². The molecular weight excluding hydrogens is 421 g/mol. The molecule has 1 aliphatic heterocycles. The van der Waals surface area contributed by atoms with Gasteiger partial charge in [0.1, 0.15) is 5.82 Å². The van der Waals surface area contributed by atoms with Gasteiger partial charge in [0.2, 0.25) is 5.56 Å². The van der Waals surface area contributed by atoms with Gasteiger partial charge in [0, 0.05) is 43.5 Å². The minimum atomic E-state index is -0.673. The Morgan fingerprint density at radius 1 is 1.06 bits per heavy atom. The molecule has 0 aliphatic carbocycles. The molecule has 0 radical (unpaired) electrons.